The van der Waals surface area contributed by atoms with E-state index in [0.717, 1.165) is 38.2 Å². The van der Waals surface area contributed by atoms with Crippen LogP contribution < -0.4 is 4.90 Å². The molecular weight excluding hydrogens is 334 g/mol. The predicted octanol–water partition coefficient (Wildman–Crippen LogP) is 3.77. The molecule has 0 radical (unpaired) electrons. The number of hydrogen-bond donors (Lipinski definition) is 0. The van der Waals surface area contributed by atoms with Crippen molar-refractivity contribution >= 4 is 22.5 Å². The van der Waals surface area contributed by atoms with Crippen molar-refractivity contribution in [2.45, 2.75) is 19.8 Å². The third-order valence-corrected chi connectivity index (χ3v) is 5.57. The minimum atomic E-state index is 0.233. The van der Waals surface area contributed by atoms with Crippen molar-refractivity contribution in [1.29, 1.82) is 0 Å². The van der Waals surface area contributed by atoms with Gasteiger partial charge in [0.1, 0.15) is 0 Å². The van der Waals surface area contributed by atoms with E-state index in [-0.39, 0.29) is 5.91 Å². The summed E-state index contributed by atoms with van der Waals surface area (Å²) in [5.41, 5.74) is 4.84. The van der Waals surface area contributed by atoms with Crippen LogP contribution in [0.15, 0.2) is 54.7 Å². The van der Waals surface area contributed by atoms with E-state index in [1.165, 1.54) is 22.2 Å². The number of aromatic nitrogens is 1. The van der Waals surface area contributed by atoms with Gasteiger partial charge in [-0.25, -0.2) is 0 Å². The maximum atomic E-state index is 13.0. The average Bonchev–Trinajstić information content (AvgIpc) is 2.86. The quantitative estimate of drug-likeness (QED) is 0.710. The van der Waals surface area contributed by atoms with Crippen molar-refractivity contribution in [1.82, 2.24) is 9.47 Å². The summed E-state index contributed by atoms with van der Waals surface area (Å²) < 4.78 is 2.11. The van der Waals surface area contributed by atoms with Gasteiger partial charge in [-0.15, -0.1) is 0 Å². The van der Waals surface area contributed by atoms with Crippen LogP contribution in [-0.2, 0) is 18.3 Å². The molecule has 3 aromatic rings. The van der Waals surface area contributed by atoms with E-state index in [1.807, 2.05) is 24.1 Å². The van der Waals surface area contributed by atoms with Crippen LogP contribution in [0.4, 0.5) is 5.69 Å². The van der Waals surface area contributed by atoms with Gasteiger partial charge < -0.3 is 14.4 Å². The van der Waals surface area contributed by atoms with Crippen LogP contribution in [0.25, 0.3) is 10.9 Å². The number of carbonyl (C=O) groups is 1. The Labute approximate surface area is 161 Å². The Morgan fingerprint density at radius 2 is 1.74 bits per heavy atom. The van der Waals surface area contributed by atoms with Crippen molar-refractivity contribution in [2.24, 2.45) is 7.05 Å². The van der Waals surface area contributed by atoms with E-state index in [1.54, 1.807) is 0 Å². The van der Waals surface area contributed by atoms with E-state index in [0.29, 0.717) is 6.42 Å². The first-order chi connectivity index (χ1) is 13.1. The summed E-state index contributed by atoms with van der Waals surface area (Å²) in [6.07, 6.45) is 3.58. The molecular formula is C23H27N3O. The Kier molecular flexibility index (Phi) is 4.88. The summed E-state index contributed by atoms with van der Waals surface area (Å²) in [5, 5.41) is 1.18. The molecule has 4 rings (SSSR count). The molecule has 27 heavy (non-hydrogen) atoms. The fraction of sp³-hybridized carbons (Fsp3) is 0.348. The summed E-state index contributed by atoms with van der Waals surface area (Å²) in [6, 6.07) is 17.0. The highest BCUT2D eigenvalue weighted by atomic mass is 16.2. The van der Waals surface area contributed by atoms with Crippen LogP contribution in [0.3, 0.4) is 0 Å². The summed E-state index contributed by atoms with van der Waals surface area (Å²) in [6.45, 7) is 5.63. The zero-order valence-corrected chi connectivity index (χ0v) is 16.2. The number of amides is 1. The highest BCUT2D eigenvalue weighted by Gasteiger charge is 2.20. The van der Waals surface area contributed by atoms with Gasteiger partial charge in [0, 0.05) is 56.0 Å². The lowest BCUT2D eigenvalue weighted by Gasteiger charge is -2.24. The molecule has 0 unspecified atom stereocenters. The number of fused-ring (bicyclic) bond motifs is 1. The second-order valence-electron chi connectivity index (χ2n) is 7.52. The Bertz CT molecular complexity index is 942. The number of nitrogens with zero attached hydrogens (tertiary/aromatic N) is 3. The first kappa shape index (κ1) is 17.7. The van der Waals surface area contributed by atoms with Crippen molar-refractivity contribution in [3.05, 3.63) is 65.9 Å². The van der Waals surface area contributed by atoms with E-state index in [4.69, 9.17) is 0 Å². The lowest BCUT2D eigenvalue weighted by Crippen LogP contribution is -2.36. The van der Waals surface area contributed by atoms with Crippen LogP contribution in [0.1, 0.15) is 17.5 Å². The molecule has 1 aromatic heterocycles. The van der Waals surface area contributed by atoms with Gasteiger partial charge in [-0.1, -0.05) is 35.9 Å². The molecule has 4 nitrogen and oxygen atoms in total. The maximum absolute atomic E-state index is 13.0. The van der Waals surface area contributed by atoms with Crippen molar-refractivity contribution < 1.29 is 4.79 Å². The fourth-order valence-electron chi connectivity index (χ4n) is 4.02. The van der Waals surface area contributed by atoms with Gasteiger partial charge in [0.15, 0.2) is 0 Å². The molecule has 0 bridgehead atoms. The molecule has 1 aliphatic heterocycles. The Hall–Kier alpha value is -2.75. The molecule has 140 valence electrons. The summed E-state index contributed by atoms with van der Waals surface area (Å²) in [7, 11) is 2.04. The van der Waals surface area contributed by atoms with Gasteiger partial charge >= 0.3 is 0 Å². The van der Waals surface area contributed by atoms with E-state index in [9.17, 15) is 4.79 Å². The lowest BCUT2D eigenvalue weighted by atomic mass is 10.1. The van der Waals surface area contributed by atoms with Gasteiger partial charge in [0.05, 0.1) is 6.42 Å². The van der Waals surface area contributed by atoms with Crippen LogP contribution in [0, 0.1) is 6.92 Å². The van der Waals surface area contributed by atoms with Gasteiger partial charge in [-0.2, -0.15) is 0 Å². The topological polar surface area (TPSA) is 28.5 Å². The third-order valence-electron chi connectivity index (χ3n) is 5.57. The number of aryl methyl sites for hydroxylation is 2. The molecule has 0 aliphatic carbocycles. The molecule has 0 N–H and O–H groups in total. The lowest BCUT2D eigenvalue weighted by molar-refractivity contribution is -0.130. The molecule has 1 amide bonds. The van der Waals surface area contributed by atoms with E-state index >= 15 is 0 Å². The average molecular weight is 361 g/mol. The SMILES string of the molecule is Cc1ccc(N2CCCN(C(=O)Cc3cn(C)c4ccccc34)CC2)cc1. The van der Waals surface area contributed by atoms with Gasteiger partial charge in [-0.05, 0) is 37.1 Å². The molecule has 2 aromatic carbocycles. The second kappa shape index (κ2) is 7.47. The first-order valence-electron chi connectivity index (χ1n) is 9.74. The van der Waals surface area contributed by atoms with E-state index in [2.05, 4.69) is 59.0 Å². The molecule has 1 fully saturated rings. The van der Waals surface area contributed by atoms with Crippen molar-refractivity contribution in [2.75, 3.05) is 31.1 Å². The highest BCUT2D eigenvalue weighted by molar-refractivity contribution is 5.89. The Balaban J connectivity index is 1.44. The van der Waals surface area contributed by atoms with Gasteiger partial charge in [-0.3, -0.25) is 4.79 Å². The van der Waals surface area contributed by atoms with Crippen LogP contribution >= 0.6 is 0 Å². The summed E-state index contributed by atoms with van der Waals surface area (Å²) in [4.78, 5) is 17.4. The number of benzene rings is 2. The number of para-hydroxylation sites is 1. The summed E-state index contributed by atoms with van der Waals surface area (Å²) >= 11 is 0. The standard InChI is InChI=1S/C23H27N3O/c1-18-8-10-20(11-9-18)25-12-5-13-26(15-14-25)23(27)16-19-17-24(2)22-7-4-3-6-21(19)22/h3-4,6-11,17H,5,12-16H2,1-2H3. The first-order valence-corrected chi connectivity index (χ1v) is 9.74. The number of rotatable bonds is 3. The van der Waals surface area contributed by atoms with Crippen molar-refractivity contribution in [3.63, 3.8) is 0 Å². The monoisotopic (exact) mass is 361 g/mol. The molecule has 0 atom stereocenters. The zero-order valence-electron chi connectivity index (χ0n) is 16.2. The molecule has 2 heterocycles. The molecule has 1 saturated heterocycles. The number of hydrogen-bond acceptors (Lipinski definition) is 2. The maximum Gasteiger partial charge on any atom is 0.227 e. The largest absolute Gasteiger partial charge is 0.370 e. The number of carbonyl (C=O) groups excluding carboxylic acids is 1. The fourth-order valence-corrected chi connectivity index (χ4v) is 4.02. The van der Waals surface area contributed by atoms with Gasteiger partial charge in [0.25, 0.3) is 0 Å². The van der Waals surface area contributed by atoms with Crippen LogP contribution in [0.5, 0.6) is 0 Å². The smallest absolute Gasteiger partial charge is 0.227 e. The highest BCUT2D eigenvalue weighted by Crippen LogP contribution is 2.22. The Morgan fingerprint density at radius 3 is 2.56 bits per heavy atom. The minimum absolute atomic E-state index is 0.233. The molecule has 0 saturated carbocycles. The molecule has 1 aliphatic rings. The predicted molar refractivity (Wildman–Crippen MR) is 111 cm³/mol. The molecule has 0 spiro atoms. The van der Waals surface area contributed by atoms with Crippen molar-refractivity contribution in [3.8, 4) is 0 Å². The zero-order chi connectivity index (χ0) is 18.8. The normalized spacial score (nSPS) is 15.2. The van der Waals surface area contributed by atoms with Gasteiger partial charge in [0.2, 0.25) is 5.91 Å². The molecule has 4 heteroatoms. The second-order valence-corrected chi connectivity index (χ2v) is 7.52. The third kappa shape index (κ3) is 3.70. The van der Waals surface area contributed by atoms with Crippen LogP contribution in [-0.4, -0.2) is 41.6 Å². The minimum Gasteiger partial charge on any atom is -0.370 e. The number of anilines is 1. The Morgan fingerprint density at radius 1 is 0.963 bits per heavy atom. The van der Waals surface area contributed by atoms with Crippen LogP contribution in [0.2, 0.25) is 0 Å². The summed E-state index contributed by atoms with van der Waals surface area (Å²) in [5.74, 6) is 0.233. The van der Waals surface area contributed by atoms with E-state index < -0.39 is 0 Å².